The van der Waals surface area contributed by atoms with Crippen molar-refractivity contribution < 1.29 is 37.9 Å². The third kappa shape index (κ3) is 1.35. The number of benzene rings is 1. The molecular formula is C7H5ClHgO3. The second-order valence-corrected chi connectivity index (χ2v) is 8.81. The normalized spacial score (nSPS) is 12.8. The van der Waals surface area contributed by atoms with Gasteiger partial charge in [-0.05, 0) is 0 Å². The maximum atomic E-state index is 9.41. The van der Waals surface area contributed by atoms with Gasteiger partial charge in [-0.25, -0.2) is 0 Å². The van der Waals surface area contributed by atoms with Gasteiger partial charge in [-0.2, -0.15) is 0 Å². The molecule has 0 amide bonds. The molecule has 1 aromatic rings. The maximum absolute atomic E-state index is 9.41. The van der Waals surface area contributed by atoms with Crippen LogP contribution in [-0.4, -0.2) is 11.9 Å². The van der Waals surface area contributed by atoms with E-state index in [2.05, 4.69) is 0 Å². The van der Waals surface area contributed by atoms with Gasteiger partial charge in [-0.15, -0.1) is 0 Å². The molecule has 0 fully saturated rings. The topological polar surface area (TPSA) is 38.7 Å². The number of phenolic OH excluding ortho intramolecular Hbond substituents is 1. The van der Waals surface area contributed by atoms with E-state index >= 15 is 0 Å². The fourth-order valence-electron chi connectivity index (χ4n) is 1.08. The first-order valence-electron chi connectivity index (χ1n) is 3.48. The molecule has 12 heavy (non-hydrogen) atoms. The first-order valence-corrected chi connectivity index (χ1v) is 13.0. The Morgan fingerprint density at radius 3 is 2.67 bits per heavy atom. The number of rotatable bonds is 1. The summed E-state index contributed by atoms with van der Waals surface area (Å²) < 4.78 is 11.1. The Kier molecular flexibility index (Phi) is 2.32. The Morgan fingerprint density at radius 2 is 2.00 bits per heavy atom. The number of fused-ring (bicyclic) bond motifs is 1. The van der Waals surface area contributed by atoms with Crippen LogP contribution in [0.4, 0.5) is 0 Å². The van der Waals surface area contributed by atoms with E-state index < -0.39 is 23.3 Å². The molecule has 3 nitrogen and oxygen atoms in total. The van der Waals surface area contributed by atoms with Crippen LogP contribution in [-0.2, 0) is 23.3 Å². The predicted molar refractivity (Wildman–Crippen MR) is 39.7 cm³/mol. The van der Waals surface area contributed by atoms with E-state index in [-0.39, 0.29) is 12.5 Å². The Hall–Kier alpha value is -0.155. The van der Waals surface area contributed by atoms with Crippen molar-refractivity contribution in [3.8, 4) is 17.2 Å². The third-order valence-corrected chi connectivity index (χ3v) is 7.57. The Morgan fingerprint density at radius 1 is 1.33 bits per heavy atom. The monoisotopic (exact) mass is 374 g/mol. The van der Waals surface area contributed by atoms with Crippen molar-refractivity contribution in [3.63, 3.8) is 0 Å². The van der Waals surface area contributed by atoms with E-state index in [1.807, 2.05) is 0 Å². The molecule has 0 atom stereocenters. The van der Waals surface area contributed by atoms with Gasteiger partial charge in [0.2, 0.25) is 0 Å². The van der Waals surface area contributed by atoms with E-state index in [1.165, 1.54) is 0 Å². The molecule has 0 unspecified atom stereocenters. The first-order chi connectivity index (χ1) is 5.81. The SMILES string of the molecule is Oc1cc2c(c[c]1[Hg][Cl])OCO2. The number of halogens is 1. The van der Waals surface area contributed by atoms with Crippen molar-refractivity contribution in [2.75, 3.05) is 6.79 Å². The molecule has 0 spiro atoms. The van der Waals surface area contributed by atoms with Crippen LogP contribution in [0.25, 0.3) is 0 Å². The number of hydrogen-bond acceptors (Lipinski definition) is 3. The predicted octanol–water partition coefficient (Wildman–Crippen LogP) is 0.982. The fourth-order valence-corrected chi connectivity index (χ4v) is 4.91. The van der Waals surface area contributed by atoms with Crippen LogP contribution in [0.15, 0.2) is 12.1 Å². The van der Waals surface area contributed by atoms with Crippen molar-refractivity contribution >= 4 is 11.3 Å². The molecule has 0 aromatic heterocycles. The standard InChI is InChI=1S/C7H5O3.ClH.Hg/c8-5-1-2-6-7(3-5)10-4-9-6;;/h2-3,8H,4H2;1H;/q;;+1/p-1. The summed E-state index contributed by atoms with van der Waals surface area (Å²) in [5, 5.41) is 9.41. The summed E-state index contributed by atoms with van der Waals surface area (Å²) in [6.45, 7) is 0.234. The zero-order valence-corrected chi connectivity index (χ0v) is 12.5. The number of phenols is 1. The minimum absolute atomic E-state index is 0.234. The van der Waals surface area contributed by atoms with Gasteiger partial charge in [-0.1, -0.05) is 0 Å². The quantitative estimate of drug-likeness (QED) is 0.747. The molecule has 1 aliphatic rings. The van der Waals surface area contributed by atoms with E-state index in [1.54, 1.807) is 12.1 Å². The molecule has 0 aliphatic carbocycles. The van der Waals surface area contributed by atoms with E-state index in [0.717, 1.165) is 3.07 Å². The molecule has 0 bridgehead atoms. The van der Waals surface area contributed by atoms with Gasteiger partial charge in [0, 0.05) is 0 Å². The van der Waals surface area contributed by atoms with Gasteiger partial charge in [0.1, 0.15) is 0 Å². The van der Waals surface area contributed by atoms with Crippen LogP contribution in [0.1, 0.15) is 0 Å². The Balaban J connectivity index is 2.49. The molecule has 0 radical (unpaired) electrons. The summed E-state index contributed by atoms with van der Waals surface area (Å²) in [4.78, 5) is 0. The van der Waals surface area contributed by atoms with E-state index in [0.29, 0.717) is 11.5 Å². The molecular weight excluding hydrogens is 368 g/mol. The van der Waals surface area contributed by atoms with Gasteiger partial charge in [-0.3, -0.25) is 0 Å². The van der Waals surface area contributed by atoms with Crippen molar-refractivity contribution in [2.24, 2.45) is 0 Å². The second kappa shape index (κ2) is 3.30. The van der Waals surface area contributed by atoms with Crippen LogP contribution in [0.5, 0.6) is 17.2 Å². The first kappa shape index (κ1) is 8.44. The number of ether oxygens (including phenoxy) is 2. The molecule has 1 N–H and O–H groups in total. The van der Waals surface area contributed by atoms with Crippen molar-refractivity contribution in [1.29, 1.82) is 0 Å². The van der Waals surface area contributed by atoms with E-state index in [9.17, 15) is 5.11 Å². The Bertz CT molecular complexity index is 315. The number of aromatic hydroxyl groups is 1. The van der Waals surface area contributed by atoms with Gasteiger partial charge in [0.25, 0.3) is 0 Å². The van der Waals surface area contributed by atoms with Crippen LogP contribution in [0, 0.1) is 0 Å². The van der Waals surface area contributed by atoms with Gasteiger partial charge >= 0.3 is 85.4 Å². The second-order valence-electron chi connectivity index (χ2n) is 2.47. The average Bonchev–Trinajstić information content (AvgIpc) is 2.49. The van der Waals surface area contributed by atoms with Crippen LogP contribution in [0.2, 0.25) is 0 Å². The summed E-state index contributed by atoms with van der Waals surface area (Å²) in [7, 11) is 5.80. The molecule has 1 aliphatic heterocycles. The fraction of sp³-hybridized carbons (Fsp3) is 0.143. The molecule has 5 heteroatoms. The third-order valence-electron chi connectivity index (χ3n) is 1.72. The van der Waals surface area contributed by atoms with E-state index in [4.69, 9.17) is 17.7 Å². The summed E-state index contributed by atoms with van der Waals surface area (Å²) in [6, 6.07) is 3.35. The average molecular weight is 373 g/mol. The van der Waals surface area contributed by atoms with Crippen LogP contribution < -0.4 is 12.5 Å². The Labute approximate surface area is 85.1 Å². The number of hydrogen-bond donors (Lipinski definition) is 1. The van der Waals surface area contributed by atoms with Crippen LogP contribution in [0.3, 0.4) is 0 Å². The molecule has 60 valence electrons. The van der Waals surface area contributed by atoms with Gasteiger partial charge in [0.05, 0.1) is 0 Å². The molecule has 1 heterocycles. The van der Waals surface area contributed by atoms with Crippen molar-refractivity contribution in [1.82, 2.24) is 0 Å². The van der Waals surface area contributed by atoms with Gasteiger partial charge in [0.15, 0.2) is 0 Å². The zero-order chi connectivity index (χ0) is 8.55. The molecule has 0 saturated heterocycles. The molecule has 0 saturated carbocycles. The summed E-state index contributed by atoms with van der Waals surface area (Å²) >= 11 is -1.55. The van der Waals surface area contributed by atoms with Crippen molar-refractivity contribution in [3.05, 3.63) is 12.1 Å². The summed E-state index contributed by atoms with van der Waals surface area (Å²) in [5.41, 5.74) is 0. The molecule has 2 rings (SSSR count). The molecule has 1 aromatic carbocycles. The summed E-state index contributed by atoms with van der Waals surface area (Å²) in [5.74, 6) is 1.55. The van der Waals surface area contributed by atoms with Gasteiger partial charge < -0.3 is 0 Å². The summed E-state index contributed by atoms with van der Waals surface area (Å²) in [6.07, 6.45) is 0. The van der Waals surface area contributed by atoms with Crippen molar-refractivity contribution in [2.45, 2.75) is 0 Å². The minimum atomic E-state index is -1.55. The van der Waals surface area contributed by atoms with Crippen LogP contribution >= 0.6 is 8.25 Å². The zero-order valence-electron chi connectivity index (χ0n) is 6.21.